The Labute approximate surface area is 90.4 Å². The van der Waals surface area contributed by atoms with Crippen molar-refractivity contribution in [1.82, 2.24) is 0 Å². The smallest absolute Gasteiger partial charge is 0.122 e. The van der Waals surface area contributed by atoms with Gasteiger partial charge in [-0.25, -0.2) is 0 Å². The second-order valence-electron chi connectivity index (χ2n) is 4.87. The second-order valence-corrected chi connectivity index (χ2v) is 4.87. The predicted octanol–water partition coefficient (Wildman–Crippen LogP) is 2.00. The fourth-order valence-electron chi connectivity index (χ4n) is 2.62. The number of nitrogens with two attached hydrogens (primary N) is 1. The van der Waals surface area contributed by atoms with Gasteiger partial charge >= 0.3 is 0 Å². The maximum atomic E-state index is 6.07. The lowest BCUT2D eigenvalue weighted by Crippen LogP contribution is -2.31. The molecule has 0 aromatic heterocycles. The van der Waals surface area contributed by atoms with Gasteiger partial charge in [-0.1, -0.05) is 12.1 Å². The van der Waals surface area contributed by atoms with Crippen molar-refractivity contribution in [2.24, 2.45) is 5.73 Å². The van der Waals surface area contributed by atoms with Crippen LogP contribution in [-0.4, -0.2) is 12.6 Å². The Morgan fingerprint density at radius 3 is 2.87 bits per heavy atom. The molecular weight excluding hydrogens is 186 g/mol. The first-order chi connectivity index (χ1) is 7.22. The van der Waals surface area contributed by atoms with Crippen molar-refractivity contribution in [3.8, 4) is 5.75 Å². The summed E-state index contributed by atoms with van der Waals surface area (Å²) >= 11 is 0. The highest BCUT2D eigenvalue weighted by atomic mass is 16.5. The SMILES string of the molecule is CC(N)C1(c2ccc3c(c2)OCC3)CC1. The van der Waals surface area contributed by atoms with Crippen molar-refractivity contribution in [3.05, 3.63) is 29.3 Å². The van der Waals surface area contributed by atoms with Crippen LogP contribution in [0.1, 0.15) is 30.9 Å². The second kappa shape index (κ2) is 2.99. The molecule has 1 aliphatic heterocycles. The van der Waals surface area contributed by atoms with Crippen molar-refractivity contribution < 1.29 is 4.74 Å². The zero-order chi connectivity index (χ0) is 10.5. The summed E-state index contributed by atoms with van der Waals surface area (Å²) in [6.45, 7) is 2.95. The van der Waals surface area contributed by atoms with E-state index >= 15 is 0 Å². The molecule has 80 valence electrons. The molecule has 1 aromatic rings. The summed E-state index contributed by atoms with van der Waals surface area (Å²) in [5, 5.41) is 0. The third kappa shape index (κ3) is 1.28. The van der Waals surface area contributed by atoms with E-state index in [1.165, 1.54) is 24.0 Å². The summed E-state index contributed by atoms with van der Waals surface area (Å²) in [5.41, 5.74) is 9.04. The quantitative estimate of drug-likeness (QED) is 0.798. The largest absolute Gasteiger partial charge is 0.493 e. The van der Waals surface area contributed by atoms with Gasteiger partial charge in [0.1, 0.15) is 5.75 Å². The Morgan fingerprint density at radius 1 is 1.40 bits per heavy atom. The summed E-state index contributed by atoms with van der Waals surface area (Å²) in [6, 6.07) is 6.90. The summed E-state index contributed by atoms with van der Waals surface area (Å²) in [6.07, 6.45) is 3.51. The van der Waals surface area contributed by atoms with E-state index in [2.05, 4.69) is 25.1 Å². The molecule has 1 unspecified atom stereocenters. The van der Waals surface area contributed by atoms with Crippen LogP contribution in [0.25, 0.3) is 0 Å². The van der Waals surface area contributed by atoms with E-state index in [1.807, 2.05) is 0 Å². The summed E-state index contributed by atoms with van der Waals surface area (Å²) in [4.78, 5) is 0. The van der Waals surface area contributed by atoms with Crippen molar-refractivity contribution >= 4 is 0 Å². The van der Waals surface area contributed by atoms with E-state index in [4.69, 9.17) is 10.5 Å². The van der Waals surface area contributed by atoms with Crippen LogP contribution >= 0.6 is 0 Å². The molecule has 0 spiro atoms. The number of benzene rings is 1. The van der Waals surface area contributed by atoms with Crippen LogP contribution in [0.2, 0.25) is 0 Å². The van der Waals surface area contributed by atoms with Crippen LogP contribution in [0.15, 0.2) is 18.2 Å². The minimum Gasteiger partial charge on any atom is -0.493 e. The monoisotopic (exact) mass is 203 g/mol. The number of fused-ring (bicyclic) bond motifs is 1. The summed E-state index contributed by atoms with van der Waals surface area (Å²) < 4.78 is 5.60. The van der Waals surface area contributed by atoms with Crippen molar-refractivity contribution in [1.29, 1.82) is 0 Å². The Morgan fingerprint density at radius 2 is 2.20 bits per heavy atom. The average Bonchev–Trinajstić information content (AvgIpc) is 2.91. The van der Waals surface area contributed by atoms with Gasteiger partial charge in [-0.15, -0.1) is 0 Å². The lowest BCUT2D eigenvalue weighted by Gasteiger charge is -2.20. The van der Waals surface area contributed by atoms with E-state index in [1.54, 1.807) is 0 Å². The van der Waals surface area contributed by atoms with E-state index in [0.717, 1.165) is 18.8 Å². The minimum absolute atomic E-state index is 0.247. The molecule has 1 aromatic carbocycles. The van der Waals surface area contributed by atoms with Crippen LogP contribution < -0.4 is 10.5 Å². The van der Waals surface area contributed by atoms with Gasteiger partial charge in [-0.2, -0.15) is 0 Å². The topological polar surface area (TPSA) is 35.2 Å². The Hall–Kier alpha value is -1.02. The van der Waals surface area contributed by atoms with Crippen molar-refractivity contribution in [2.75, 3.05) is 6.61 Å². The van der Waals surface area contributed by atoms with E-state index in [9.17, 15) is 0 Å². The maximum absolute atomic E-state index is 6.07. The Balaban J connectivity index is 2.00. The summed E-state index contributed by atoms with van der Waals surface area (Å²) in [7, 11) is 0. The molecule has 2 aliphatic rings. The van der Waals surface area contributed by atoms with Gasteiger partial charge in [0.15, 0.2) is 0 Å². The molecule has 0 bridgehead atoms. The average molecular weight is 203 g/mol. The Bertz CT molecular complexity index is 394. The molecule has 1 aliphatic carbocycles. The van der Waals surface area contributed by atoms with Gasteiger partial charge in [-0.3, -0.25) is 0 Å². The van der Waals surface area contributed by atoms with Crippen LogP contribution in [-0.2, 0) is 11.8 Å². The number of rotatable bonds is 2. The number of hydrogen-bond donors (Lipinski definition) is 1. The van der Waals surface area contributed by atoms with Crippen LogP contribution in [0.5, 0.6) is 5.75 Å². The molecule has 1 fully saturated rings. The first-order valence-electron chi connectivity index (χ1n) is 5.74. The van der Waals surface area contributed by atoms with Gasteiger partial charge < -0.3 is 10.5 Å². The number of hydrogen-bond acceptors (Lipinski definition) is 2. The van der Waals surface area contributed by atoms with E-state index < -0.39 is 0 Å². The van der Waals surface area contributed by atoms with Crippen LogP contribution in [0, 0.1) is 0 Å². The van der Waals surface area contributed by atoms with Crippen LogP contribution in [0.3, 0.4) is 0 Å². The maximum Gasteiger partial charge on any atom is 0.122 e. The molecule has 0 radical (unpaired) electrons. The third-order valence-corrected chi connectivity index (χ3v) is 3.93. The molecular formula is C13H17NO. The zero-order valence-corrected chi connectivity index (χ0v) is 9.12. The van der Waals surface area contributed by atoms with E-state index in [0.29, 0.717) is 0 Å². The fourth-order valence-corrected chi connectivity index (χ4v) is 2.62. The predicted molar refractivity (Wildman–Crippen MR) is 60.2 cm³/mol. The van der Waals surface area contributed by atoms with Gasteiger partial charge in [-0.05, 0) is 37.0 Å². The molecule has 2 nitrogen and oxygen atoms in total. The Kier molecular flexibility index (Phi) is 1.84. The first kappa shape index (κ1) is 9.22. The molecule has 2 heteroatoms. The fraction of sp³-hybridized carbons (Fsp3) is 0.538. The third-order valence-electron chi connectivity index (χ3n) is 3.93. The molecule has 0 saturated heterocycles. The molecule has 15 heavy (non-hydrogen) atoms. The molecule has 3 rings (SSSR count). The first-order valence-corrected chi connectivity index (χ1v) is 5.74. The molecule has 1 heterocycles. The van der Waals surface area contributed by atoms with Gasteiger partial charge in [0.25, 0.3) is 0 Å². The van der Waals surface area contributed by atoms with Crippen LogP contribution in [0.4, 0.5) is 0 Å². The normalized spacial score (nSPS) is 23.1. The highest BCUT2D eigenvalue weighted by Crippen LogP contribution is 2.51. The zero-order valence-electron chi connectivity index (χ0n) is 9.12. The lowest BCUT2D eigenvalue weighted by molar-refractivity contribution is 0.356. The molecule has 1 atom stereocenters. The summed E-state index contributed by atoms with van der Waals surface area (Å²) in [5.74, 6) is 1.08. The van der Waals surface area contributed by atoms with E-state index in [-0.39, 0.29) is 11.5 Å². The lowest BCUT2D eigenvalue weighted by atomic mass is 9.88. The van der Waals surface area contributed by atoms with Gasteiger partial charge in [0, 0.05) is 17.9 Å². The minimum atomic E-state index is 0.247. The van der Waals surface area contributed by atoms with Gasteiger partial charge in [0.2, 0.25) is 0 Å². The highest BCUT2D eigenvalue weighted by molar-refractivity contribution is 5.45. The van der Waals surface area contributed by atoms with Crippen molar-refractivity contribution in [3.63, 3.8) is 0 Å². The standard InChI is InChI=1S/C13H17NO/c1-9(14)13(5-6-13)11-3-2-10-4-7-15-12(10)8-11/h2-3,8-9H,4-7,14H2,1H3. The molecule has 2 N–H and O–H groups in total. The number of ether oxygens (including phenoxy) is 1. The molecule has 1 saturated carbocycles. The molecule has 0 amide bonds. The van der Waals surface area contributed by atoms with Crippen molar-refractivity contribution in [2.45, 2.75) is 37.6 Å². The highest BCUT2D eigenvalue weighted by Gasteiger charge is 2.47. The van der Waals surface area contributed by atoms with Gasteiger partial charge in [0.05, 0.1) is 6.61 Å².